The van der Waals surface area contributed by atoms with E-state index in [4.69, 9.17) is 11.6 Å². The number of hydrogen-bond acceptors (Lipinski definition) is 5. The fourth-order valence-electron chi connectivity index (χ4n) is 2.55. The molecule has 2 heterocycles. The number of benzene rings is 1. The van der Waals surface area contributed by atoms with Crippen molar-refractivity contribution in [3.8, 4) is 11.4 Å². The Morgan fingerprint density at radius 2 is 2.00 bits per heavy atom. The maximum Gasteiger partial charge on any atom is 0.237 e. The molecule has 0 spiro atoms. The molecule has 3 rings (SSSR count). The van der Waals surface area contributed by atoms with E-state index in [1.165, 1.54) is 11.8 Å². The molecule has 1 amide bonds. The lowest BCUT2D eigenvalue weighted by Gasteiger charge is -2.14. The van der Waals surface area contributed by atoms with Gasteiger partial charge in [0.25, 0.3) is 0 Å². The topological polar surface area (TPSA) is 72.7 Å². The molecule has 8 heteroatoms. The average Bonchev–Trinajstić information content (AvgIpc) is 3.07. The summed E-state index contributed by atoms with van der Waals surface area (Å²) in [5.41, 5.74) is 2.62. The van der Waals surface area contributed by atoms with Gasteiger partial charge in [0.2, 0.25) is 5.91 Å². The van der Waals surface area contributed by atoms with Gasteiger partial charge in [0.15, 0.2) is 11.0 Å². The Bertz CT molecular complexity index is 945. The van der Waals surface area contributed by atoms with E-state index in [-0.39, 0.29) is 11.2 Å². The summed E-state index contributed by atoms with van der Waals surface area (Å²) in [5, 5.41) is 12.5. The number of thioether (sulfide) groups is 1. The highest BCUT2D eigenvalue weighted by Crippen LogP contribution is 2.28. The number of aryl methyl sites for hydroxylation is 1. The van der Waals surface area contributed by atoms with Crippen LogP contribution in [0.4, 0.5) is 5.69 Å². The molecule has 0 saturated carbocycles. The molecule has 27 heavy (non-hydrogen) atoms. The fraction of sp³-hybridized carbons (Fsp3) is 0.263. The van der Waals surface area contributed by atoms with Crippen molar-refractivity contribution in [3.05, 3.63) is 53.3 Å². The zero-order valence-electron chi connectivity index (χ0n) is 15.3. The lowest BCUT2D eigenvalue weighted by Crippen LogP contribution is -2.23. The van der Waals surface area contributed by atoms with Gasteiger partial charge in [-0.25, -0.2) is 0 Å². The number of anilines is 1. The minimum absolute atomic E-state index is 0.110. The third-order valence-corrected chi connectivity index (χ3v) is 5.40. The summed E-state index contributed by atoms with van der Waals surface area (Å²) in [7, 11) is 0. The largest absolute Gasteiger partial charge is 0.325 e. The van der Waals surface area contributed by atoms with Crippen molar-refractivity contribution in [1.29, 1.82) is 0 Å². The van der Waals surface area contributed by atoms with Crippen LogP contribution in [0.1, 0.15) is 19.4 Å². The van der Waals surface area contributed by atoms with E-state index in [9.17, 15) is 4.79 Å². The molecular weight excluding hydrogens is 382 g/mol. The van der Waals surface area contributed by atoms with E-state index >= 15 is 0 Å². The second-order valence-electron chi connectivity index (χ2n) is 5.99. The van der Waals surface area contributed by atoms with Crippen molar-refractivity contribution in [2.45, 2.75) is 37.7 Å². The highest BCUT2D eigenvalue weighted by Gasteiger charge is 2.21. The summed E-state index contributed by atoms with van der Waals surface area (Å²) in [4.78, 5) is 16.6. The molecule has 0 radical (unpaired) electrons. The Hall–Kier alpha value is -2.38. The molecule has 140 valence electrons. The summed E-state index contributed by atoms with van der Waals surface area (Å²) < 4.78 is 1.99. The first-order valence-corrected chi connectivity index (χ1v) is 9.82. The van der Waals surface area contributed by atoms with Crippen molar-refractivity contribution >= 4 is 35.0 Å². The number of carbonyl (C=O) groups excluding carboxylic acids is 1. The molecule has 1 unspecified atom stereocenters. The smallest absolute Gasteiger partial charge is 0.237 e. The quantitative estimate of drug-likeness (QED) is 0.618. The van der Waals surface area contributed by atoms with E-state index in [0.29, 0.717) is 16.7 Å². The van der Waals surface area contributed by atoms with Gasteiger partial charge in [-0.05, 0) is 50.6 Å². The van der Waals surface area contributed by atoms with E-state index in [2.05, 4.69) is 20.5 Å². The van der Waals surface area contributed by atoms with Gasteiger partial charge in [0.1, 0.15) is 0 Å². The first-order valence-electron chi connectivity index (χ1n) is 8.57. The molecular formula is C19H20ClN5OS. The van der Waals surface area contributed by atoms with E-state index in [1.807, 2.05) is 43.5 Å². The monoisotopic (exact) mass is 401 g/mol. The van der Waals surface area contributed by atoms with Crippen LogP contribution < -0.4 is 5.32 Å². The molecule has 1 N–H and O–H groups in total. The molecule has 0 bridgehead atoms. The number of aromatic nitrogens is 4. The Labute approximate surface area is 167 Å². The van der Waals surface area contributed by atoms with Crippen LogP contribution in [0, 0.1) is 6.92 Å². The number of carbonyl (C=O) groups is 1. The SMILES string of the molecule is CCn1c(SC(C)C(=O)Nc2cc(Cl)ccc2C)nnc1-c1ccncc1. The number of nitrogens with zero attached hydrogens (tertiary/aromatic N) is 4. The molecule has 0 aliphatic carbocycles. The van der Waals surface area contributed by atoms with Crippen LogP contribution in [0.2, 0.25) is 5.02 Å². The number of hydrogen-bond donors (Lipinski definition) is 1. The second-order valence-corrected chi connectivity index (χ2v) is 7.74. The van der Waals surface area contributed by atoms with Crippen LogP contribution >= 0.6 is 23.4 Å². The summed E-state index contributed by atoms with van der Waals surface area (Å²) >= 11 is 7.40. The van der Waals surface area contributed by atoms with Crippen molar-refractivity contribution in [1.82, 2.24) is 19.7 Å². The van der Waals surface area contributed by atoms with Crippen LogP contribution in [0.3, 0.4) is 0 Å². The normalized spacial score (nSPS) is 12.0. The van der Waals surface area contributed by atoms with Crippen molar-refractivity contribution in [3.63, 3.8) is 0 Å². The third kappa shape index (κ3) is 4.48. The molecule has 6 nitrogen and oxygen atoms in total. The maximum absolute atomic E-state index is 12.6. The van der Waals surface area contributed by atoms with Gasteiger partial charge >= 0.3 is 0 Å². The van der Waals surface area contributed by atoms with Gasteiger partial charge in [-0.2, -0.15) is 0 Å². The lowest BCUT2D eigenvalue weighted by molar-refractivity contribution is -0.115. The number of pyridine rings is 1. The molecule has 0 saturated heterocycles. The average molecular weight is 402 g/mol. The van der Waals surface area contributed by atoms with Gasteiger partial charge < -0.3 is 9.88 Å². The highest BCUT2D eigenvalue weighted by molar-refractivity contribution is 8.00. The van der Waals surface area contributed by atoms with E-state index in [1.54, 1.807) is 24.5 Å². The van der Waals surface area contributed by atoms with Crippen LogP contribution in [0.5, 0.6) is 0 Å². The maximum atomic E-state index is 12.6. The molecule has 1 atom stereocenters. The molecule has 0 aliphatic rings. The van der Waals surface area contributed by atoms with Gasteiger partial charge in [-0.3, -0.25) is 9.78 Å². The number of rotatable bonds is 6. The Morgan fingerprint density at radius 1 is 1.26 bits per heavy atom. The minimum atomic E-state index is -0.344. The van der Waals surface area contributed by atoms with E-state index < -0.39 is 0 Å². The van der Waals surface area contributed by atoms with Crippen molar-refractivity contribution in [2.24, 2.45) is 0 Å². The Balaban J connectivity index is 1.76. The Morgan fingerprint density at radius 3 is 2.70 bits per heavy atom. The molecule has 2 aromatic heterocycles. The van der Waals surface area contributed by atoms with Gasteiger partial charge in [0, 0.05) is 35.2 Å². The molecule has 1 aromatic carbocycles. The summed E-state index contributed by atoms with van der Waals surface area (Å²) in [6, 6.07) is 9.22. The molecule has 3 aromatic rings. The summed E-state index contributed by atoms with van der Waals surface area (Å²) in [6.07, 6.45) is 3.44. The number of halogens is 1. The highest BCUT2D eigenvalue weighted by atomic mass is 35.5. The molecule has 0 fully saturated rings. The summed E-state index contributed by atoms with van der Waals surface area (Å²) in [6.45, 7) is 6.51. The van der Waals surface area contributed by atoms with Gasteiger partial charge in [-0.15, -0.1) is 10.2 Å². The standard InChI is InChI=1S/C19H20ClN5OS/c1-4-25-17(14-7-9-21-10-8-14)23-24-19(25)27-13(3)18(26)22-16-11-15(20)6-5-12(16)2/h5-11,13H,4H2,1-3H3,(H,22,26). The first kappa shape index (κ1) is 19.4. The van der Waals surface area contributed by atoms with Crippen molar-refractivity contribution in [2.75, 3.05) is 5.32 Å². The van der Waals surface area contributed by atoms with Gasteiger partial charge in [0.05, 0.1) is 5.25 Å². The zero-order chi connectivity index (χ0) is 19.4. The van der Waals surface area contributed by atoms with Crippen LogP contribution in [0.25, 0.3) is 11.4 Å². The predicted molar refractivity (Wildman–Crippen MR) is 109 cm³/mol. The lowest BCUT2D eigenvalue weighted by atomic mass is 10.2. The first-order chi connectivity index (χ1) is 13.0. The molecule has 0 aliphatic heterocycles. The Kier molecular flexibility index (Phi) is 6.13. The van der Waals surface area contributed by atoms with E-state index in [0.717, 1.165) is 22.6 Å². The van der Waals surface area contributed by atoms with Crippen LogP contribution in [-0.4, -0.2) is 30.9 Å². The number of nitrogens with one attached hydrogen (secondary N) is 1. The van der Waals surface area contributed by atoms with Crippen LogP contribution in [0.15, 0.2) is 47.9 Å². The van der Waals surface area contributed by atoms with Crippen molar-refractivity contribution < 1.29 is 4.79 Å². The number of amides is 1. The van der Waals surface area contributed by atoms with Gasteiger partial charge in [-0.1, -0.05) is 29.4 Å². The predicted octanol–water partition coefficient (Wildman–Crippen LogP) is 4.44. The van der Waals surface area contributed by atoms with Crippen LogP contribution in [-0.2, 0) is 11.3 Å². The fourth-order valence-corrected chi connectivity index (χ4v) is 3.64. The second kappa shape index (κ2) is 8.54. The summed E-state index contributed by atoms with van der Waals surface area (Å²) in [5.74, 6) is 0.655. The zero-order valence-corrected chi connectivity index (χ0v) is 16.9. The minimum Gasteiger partial charge on any atom is -0.325 e. The third-order valence-electron chi connectivity index (χ3n) is 4.08.